The lowest BCUT2D eigenvalue weighted by atomic mass is 9.99. The first-order chi connectivity index (χ1) is 8.83. The van der Waals surface area contributed by atoms with Crippen LogP contribution in [-0.2, 0) is 9.59 Å². The van der Waals surface area contributed by atoms with Gasteiger partial charge in [0.05, 0.1) is 0 Å². The molecule has 1 unspecified atom stereocenters. The zero-order chi connectivity index (χ0) is 15.0. The van der Waals surface area contributed by atoms with Crippen molar-refractivity contribution >= 4 is 17.9 Å². The predicted molar refractivity (Wildman–Crippen MR) is 70.7 cm³/mol. The molecule has 0 aromatic rings. The Hall–Kier alpha value is -1.79. The van der Waals surface area contributed by atoms with Crippen molar-refractivity contribution in [2.24, 2.45) is 5.92 Å². The Labute approximate surface area is 113 Å². The maximum absolute atomic E-state index is 11.6. The van der Waals surface area contributed by atoms with Gasteiger partial charge in [-0.25, -0.2) is 9.59 Å². The van der Waals surface area contributed by atoms with Gasteiger partial charge in [-0.15, -0.1) is 0 Å². The van der Waals surface area contributed by atoms with Gasteiger partial charge in [-0.1, -0.05) is 20.3 Å². The van der Waals surface area contributed by atoms with E-state index in [9.17, 15) is 14.4 Å². The van der Waals surface area contributed by atoms with E-state index in [1.54, 1.807) is 13.8 Å². The summed E-state index contributed by atoms with van der Waals surface area (Å²) in [4.78, 5) is 34.1. The van der Waals surface area contributed by atoms with Crippen molar-refractivity contribution < 1.29 is 19.5 Å². The first kappa shape index (κ1) is 17.2. The zero-order valence-corrected chi connectivity index (χ0v) is 11.8. The second kappa shape index (κ2) is 8.34. The number of carboxylic acids is 1. The molecule has 7 nitrogen and oxygen atoms in total. The van der Waals surface area contributed by atoms with Gasteiger partial charge in [0.15, 0.2) is 0 Å². The summed E-state index contributed by atoms with van der Waals surface area (Å²) >= 11 is 0. The molecule has 3 amide bonds. The van der Waals surface area contributed by atoms with Crippen LogP contribution in [0.1, 0.15) is 34.1 Å². The van der Waals surface area contributed by atoms with Crippen LogP contribution < -0.4 is 16.0 Å². The van der Waals surface area contributed by atoms with E-state index in [1.807, 2.05) is 6.92 Å². The average molecular weight is 273 g/mol. The van der Waals surface area contributed by atoms with E-state index in [4.69, 9.17) is 5.11 Å². The molecule has 0 heterocycles. The van der Waals surface area contributed by atoms with Gasteiger partial charge >= 0.3 is 12.0 Å². The summed E-state index contributed by atoms with van der Waals surface area (Å²) in [5.41, 5.74) is 0. The molecule has 19 heavy (non-hydrogen) atoms. The molecule has 0 fully saturated rings. The molecule has 0 rings (SSSR count). The standard InChI is InChI=1S/C12H23N3O4/c1-5-7(3)9(11(17)18)15-12(19)14-8(4)10(16)13-6-2/h7-9H,5-6H2,1-4H3,(H,13,16)(H,17,18)(H2,14,15,19)/t7-,8?,9-/m0/s1. The molecule has 0 saturated heterocycles. The Morgan fingerprint density at radius 1 is 1.11 bits per heavy atom. The summed E-state index contributed by atoms with van der Waals surface area (Å²) in [6.45, 7) is 7.36. The third-order valence-electron chi connectivity index (χ3n) is 2.86. The molecule has 0 aliphatic heterocycles. The smallest absolute Gasteiger partial charge is 0.326 e. The summed E-state index contributed by atoms with van der Waals surface area (Å²) < 4.78 is 0. The van der Waals surface area contributed by atoms with Gasteiger partial charge in [-0.3, -0.25) is 4.79 Å². The van der Waals surface area contributed by atoms with Crippen molar-refractivity contribution in [1.82, 2.24) is 16.0 Å². The maximum atomic E-state index is 11.6. The van der Waals surface area contributed by atoms with Crippen LogP contribution in [0.5, 0.6) is 0 Å². The van der Waals surface area contributed by atoms with Crippen LogP contribution in [0, 0.1) is 5.92 Å². The molecule has 7 heteroatoms. The van der Waals surface area contributed by atoms with E-state index in [1.165, 1.54) is 6.92 Å². The zero-order valence-electron chi connectivity index (χ0n) is 11.8. The van der Waals surface area contributed by atoms with Crippen LogP contribution >= 0.6 is 0 Å². The molecule has 0 aliphatic carbocycles. The molecule has 3 atom stereocenters. The van der Waals surface area contributed by atoms with Crippen LogP contribution in [0.25, 0.3) is 0 Å². The van der Waals surface area contributed by atoms with Crippen molar-refractivity contribution in [2.45, 2.75) is 46.2 Å². The summed E-state index contributed by atoms with van der Waals surface area (Å²) in [7, 11) is 0. The minimum Gasteiger partial charge on any atom is -0.480 e. The number of carboxylic acid groups (broad SMARTS) is 1. The molecular formula is C12H23N3O4. The van der Waals surface area contributed by atoms with Crippen molar-refractivity contribution in [1.29, 1.82) is 0 Å². The Kier molecular flexibility index (Phi) is 7.55. The number of hydrogen-bond acceptors (Lipinski definition) is 3. The van der Waals surface area contributed by atoms with E-state index < -0.39 is 24.1 Å². The lowest BCUT2D eigenvalue weighted by molar-refractivity contribution is -0.140. The number of amides is 3. The van der Waals surface area contributed by atoms with Crippen molar-refractivity contribution in [3.05, 3.63) is 0 Å². The van der Waals surface area contributed by atoms with Crippen LogP contribution in [-0.4, -0.2) is 41.6 Å². The van der Waals surface area contributed by atoms with E-state index >= 15 is 0 Å². The third-order valence-corrected chi connectivity index (χ3v) is 2.86. The minimum atomic E-state index is -1.09. The molecule has 0 aliphatic rings. The molecule has 4 N–H and O–H groups in total. The van der Waals surface area contributed by atoms with Gasteiger partial charge in [-0.2, -0.15) is 0 Å². The second-order valence-electron chi connectivity index (χ2n) is 4.44. The Bertz CT molecular complexity index is 333. The number of rotatable bonds is 7. The summed E-state index contributed by atoms with van der Waals surface area (Å²) in [5, 5.41) is 16.4. The van der Waals surface area contributed by atoms with Crippen LogP contribution in [0.3, 0.4) is 0 Å². The van der Waals surface area contributed by atoms with Gasteiger partial charge in [0.2, 0.25) is 5.91 Å². The Balaban J connectivity index is 4.42. The number of nitrogens with one attached hydrogen (secondary N) is 3. The SMILES string of the molecule is CCNC(=O)C(C)NC(=O)N[C@H](C(=O)O)[C@@H](C)CC. The fourth-order valence-electron chi connectivity index (χ4n) is 1.46. The number of likely N-dealkylation sites (N-methyl/N-ethyl adjacent to an activating group) is 1. The molecule has 110 valence electrons. The number of urea groups is 1. The molecule has 0 aromatic heterocycles. The largest absolute Gasteiger partial charge is 0.480 e. The molecule has 0 aromatic carbocycles. The van der Waals surface area contributed by atoms with Gasteiger partial charge in [0.25, 0.3) is 0 Å². The fourth-order valence-corrected chi connectivity index (χ4v) is 1.46. The molecule has 0 bridgehead atoms. The van der Waals surface area contributed by atoms with E-state index in [0.717, 1.165) is 0 Å². The van der Waals surface area contributed by atoms with Crippen LogP contribution in [0.2, 0.25) is 0 Å². The minimum absolute atomic E-state index is 0.192. The fraction of sp³-hybridized carbons (Fsp3) is 0.750. The average Bonchev–Trinajstić information content (AvgIpc) is 2.34. The van der Waals surface area contributed by atoms with Gasteiger partial charge in [0, 0.05) is 6.54 Å². The van der Waals surface area contributed by atoms with Crippen LogP contribution in [0.15, 0.2) is 0 Å². The van der Waals surface area contributed by atoms with E-state index in [-0.39, 0.29) is 11.8 Å². The highest BCUT2D eigenvalue weighted by atomic mass is 16.4. The molecule has 0 saturated carbocycles. The first-order valence-corrected chi connectivity index (χ1v) is 6.40. The highest BCUT2D eigenvalue weighted by Crippen LogP contribution is 2.07. The molecular weight excluding hydrogens is 250 g/mol. The molecule has 0 radical (unpaired) electrons. The van der Waals surface area contributed by atoms with Crippen molar-refractivity contribution in [3.8, 4) is 0 Å². The second-order valence-corrected chi connectivity index (χ2v) is 4.44. The highest BCUT2D eigenvalue weighted by molar-refractivity contribution is 5.88. The summed E-state index contributed by atoms with van der Waals surface area (Å²) in [5.74, 6) is -1.59. The lowest BCUT2D eigenvalue weighted by Crippen LogP contribution is -2.53. The van der Waals surface area contributed by atoms with E-state index in [0.29, 0.717) is 13.0 Å². The van der Waals surface area contributed by atoms with Gasteiger partial charge in [-0.05, 0) is 19.8 Å². The van der Waals surface area contributed by atoms with Gasteiger partial charge in [0.1, 0.15) is 12.1 Å². The monoisotopic (exact) mass is 273 g/mol. The lowest BCUT2D eigenvalue weighted by Gasteiger charge is -2.21. The third kappa shape index (κ3) is 6.08. The Morgan fingerprint density at radius 3 is 2.11 bits per heavy atom. The number of aliphatic carboxylic acids is 1. The summed E-state index contributed by atoms with van der Waals surface area (Å²) in [6.07, 6.45) is 0.628. The van der Waals surface area contributed by atoms with Crippen LogP contribution in [0.4, 0.5) is 4.79 Å². The van der Waals surface area contributed by atoms with Gasteiger partial charge < -0.3 is 21.1 Å². The maximum Gasteiger partial charge on any atom is 0.326 e. The number of carbonyl (C=O) groups is 3. The Morgan fingerprint density at radius 2 is 1.68 bits per heavy atom. The van der Waals surface area contributed by atoms with E-state index in [2.05, 4.69) is 16.0 Å². The number of carbonyl (C=O) groups excluding carboxylic acids is 2. The van der Waals surface area contributed by atoms with Crippen molar-refractivity contribution in [2.75, 3.05) is 6.54 Å². The highest BCUT2D eigenvalue weighted by Gasteiger charge is 2.26. The molecule has 0 spiro atoms. The first-order valence-electron chi connectivity index (χ1n) is 6.40. The quantitative estimate of drug-likeness (QED) is 0.535. The number of hydrogen-bond donors (Lipinski definition) is 4. The summed E-state index contributed by atoms with van der Waals surface area (Å²) in [6, 6.07) is -2.34. The van der Waals surface area contributed by atoms with Crippen molar-refractivity contribution in [3.63, 3.8) is 0 Å². The topological polar surface area (TPSA) is 108 Å². The normalized spacial score (nSPS) is 14.9. The predicted octanol–water partition coefficient (Wildman–Crippen LogP) is 0.310.